The van der Waals surface area contributed by atoms with Gasteiger partial charge in [0.05, 0.1) is 0 Å². The van der Waals surface area contributed by atoms with E-state index in [1.807, 2.05) is 49.3 Å². The van der Waals surface area contributed by atoms with E-state index >= 15 is 0 Å². The third-order valence-electron chi connectivity index (χ3n) is 3.06. The van der Waals surface area contributed by atoms with E-state index in [-0.39, 0.29) is 5.91 Å². The first-order valence-electron chi connectivity index (χ1n) is 6.60. The van der Waals surface area contributed by atoms with Crippen molar-refractivity contribution < 1.29 is 9.53 Å². The molecular formula is C16H19N3O2. The maximum Gasteiger partial charge on any atom is 0.265 e. The zero-order chi connectivity index (χ0) is 15.2. The molecule has 0 aliphatic heterocycles. The van der Waals surface area contributed by atoms with E-state index in [2.05, 4.69) is 5.43 Å². The summed E-state index contributed by atoms with van der Waals surface area (Å²) in [6.07, 6.45) is 0. The van der Waals surface area contributed by atoms with Crippen LogP contribution in [0.5, 0.6) is 5.75 Å². The summed E-state index contributed by atoms with van der Waals surface area (Å²) in [6, 6.07) is 15.0. The number of nitrogens with one attached hydrogen (secondary N) is 1. The largest absolute Gasteiger partial charge is 0.489 e. The SMILES string of the molecule is CN(C)c1cccc(OCc2cccc(C(=O)NN)c2)c1. The molecule has 1 amide bonds. The monoisotopic (exact) mass is 285 g/mol. The molecule has 0 aliphatic rings. The van der Waals surface area contributed by atoms with E-state index in [0.717, 1.165) is 17.0 Å². The predicted molar refractivity (Wildman–Crippen MR) is 83.2 cm³/mol. The van der Waals surface area contributed by atoms with E-state index in [0.29, 0.717) is 12.2 Å². The number of rotatable bonds is 5. The number of nitrogens with zero attached hydrogens (tertiary/aromatic N) is 1. The highest BCUT2D eigenvalue weighted by Crippen LogP contribution is 2.20. The van der Waals surface area contributed by atoms with Gasteiger partial charge in [0.15, 0.2) is 0 Å². The highest BCUT2D eigenvalue weighted by Gasteiger charge is 2.05. The average molecular weight is 285 g/mol. The molecule has 2 aromatic rings. The number of hydrazine groups is 1. The van der Waals surface area contributed by atoms with Gasteiger partial charge >= 0.3 is 0 Å². The number of amides is 1. The summed E-state index contributed by atoms with van der Waals surface area (Å²) in [6.45, 7) is 0.391. The van der Waals surface area contributed by atoms with Crippen molar-refractivity contribution in [2.75, 3.05) is 19.0 Å². The lowest BCUT2D eigenvalue weighted by Crippen LogP contribution is -2.30. The molecule has 0 bridgehead atoms. The van der Waals surface area contributed by atoms with E-state index in [1.165, 1.54) is 0 Å². The fourth-order valence-corrected chi connectivity index (χ4v) is 1.90. The Morgan fingerprint density at radius 3 is 2.67 bits per heavy atom. The molecule has 0 unspecified atom stereocenters. The molecule has 3 N–H and O–H groups in total. The van der Waals surface area contributed by atoms with Crippen molar-refractivity contribution in [3.63, 3.8) is 0 Å². The predicted octanol–water partition coefficient (Wildman–Crippen LogP) is 1.94. The smallest absolute Gasteiger partial charge is 0.265 e. The van der Waals surface area contributed by atoms with Gasteiger partial charge in [-0.15, -0.1) is 0 Å². The minimum atomic E-state index is -0.313. The highest BCUT2D eigenvalue weighted by molar-refractivity contribution is 5.93. The van der Waals surface area contributed by atoms with Gasteiger partial charge in [0.1, 0.15) is 12.4 Å². The van der Waals surface area contributed by atoms with Crippen LogP contribution in [0, 0.1) is 0 Å². The molecule has 2 aromatic carbocycles. The topological polar surface area (TPSA) is 67.6 Å². The molecule has 110 valence electrons. The van der Waals surface area contributed by atoms with Gasteiger partial charge < -0.3 is 9.64 Å². The molecule has 0 saturated carbocycles. The maximum absolute atomic E-state index is 11.5. The molecule has 0 aromatic heterocycles. The van der Waals surface area contributed by atoms with Gasteiger partial charge in [-0.25, -0.2) is 5.84 Å². The Balaban J connectivity index is 2.06. The van der Waals surface area contributed by atoms with Crippen LogP contribution in [0.4, 0.5) is 5.69 Å². The standard InChI is InChI=1S/C16H19N3O2/c1-19(2)14-7-4-8-15(10-14)21-11-12-5-3-6-13(9-12)16(20)18-17/h3-10H,11,17H2,1-2H3,(H,18,20). The molecule has 0 radical (unpaired) electrons. The maximum atomic E-state index is 11.5. The fourth-order valence-electron chi connectivity index (χ4n) is 1.90. The van der Waals surface area contributed by atoms with E-state index in [9.17, 15) is 4.79 Å². The van der Waals surface area contributed by atoms with Gasteiger partial charge in [-0.3, -0.25) is 10.2 Å². The average Bonchev–Trinajstić information content (AvgIpc) is 2.52. The summed E-state index contributed by atoms with van der Waals surface area (Å²) < 4.78 is 5.76. The van der Waals surface area contributed by atoms with Crippen LogP contribution in [0.15, 0.2) is 48.5 Å². The summed E-state index contributed by atoms with van der Waals surface area (Å²) >= 11 is 0. The quantitative estimate of drug-likeness (QED) is 0.500. The first-order chi connectivity index (χ1) is 10.1. The zero-order valence-electron chi connectivity index (χ0n) is 12.2. The van der Waals surface area contributed by atoms with Crippen molar-refractivity contribution in [3.05, 3.63) is 59.7 Å². The molecule has 0 atom stereocenters. The molecule has 5 heteroatoms. The Morgan fingerprint density at radius 2 is 1.95 bits per heavy atom. The zero-order valence-corrected chi connectivity index (χ0v) is 12.2. The Hall–Kier alpha value is -2.53. The number of benzene rings is 2. The number of carbonyl (C=O) groups excluding carboxylic acids is 1. The van der Waals surface area contributed by atoms with E-state index in [4.69, 9.17) is 10.6 Å². The minimum absolute atomic E-state index is 0.313. The Kier molecular flexibility index (Phi) is 4.79. The van der Waals surface area contributed by atoms with Gasteiger partial charge in [-0.05, 0) is 29.8 Å². The third-order valence-corrected chi connectivity index (χ3v) is 3.06. The summed E-state index contributed by atoms with van der Waals surface area (Å²) in [5.74, 6) is 5.60. The van der Waals surface area contributed by atoms with Crippen molar-refractivity contribution in [1.29, 1.82) is 0 Å². The van der Waals surface area contributed by atoms with Gasteiger partial charge in [0.2, 0.25) is 0 Å². The molecule has 2 rings (SSSR count). The van der Waals surface area contributed by atoms with Crippen molar-refractivity contribution in [3.8, 4) is 5.75 Å². The Bertz CT molecular complexity index is 626. The second-order valence-corrected chi connectivity index (χ2v) is 4.85. The van der Waals surface area contributed by atoms with Crippen molar-refractivity contribution >= 4 is 11.6 Å². The van der Waals surface area contributed by atoms with Crippen molar-refractivity contribution in [2.45, 2.75) is 6.61 Å². The second-order valence-electron chi connectivity index (χ2n) is 4.85. The van der Waals surface area contributed by atoms with Crippen molar-refractivity contribution in [1.82, 2.24) is 5.43 Å². The number of hydrogen-bond acceptors (Lipinski definition) is 4. The van der Waals surface area contributed by atoms with Crippen LogP contribution in [-0.2, 0) is 6.61 Å². The first kappa shape index (κ1) is 14.9. The number of carbonyl (C=O) groups is 1. The lowest BCUT2D eigenvalue weighted by Gasteiger charge is -2.14. The Labute approximate surface area is 124 Å². The van der Waals surface area contributed by atoms with E-state index < -0.39 is 0 Å². The van der Waals surface area contributed by atoms with Gasteiger partial charge in [0, 0.05) is 31.4 Å². The van der Waals surface area contributed by atoms with Crippen LogP contribution < -0.4 is 20.9 Å². The summed E-state index contributed by atoms with van der Waals surface area (Å²) in [5, 5.41) is 0. The molecule has 0 spiro atoms. The second kappa shape index (κ2) is 6.76. The lowest BCUT2D eigenvalue weighted by atomic mass is 10.1. The number of hydrogen-bond donors (Lipinski definition) is 2. The van der Waals surface area contributed by atoms with Crippen LogP contribution in [0.25, 0.3) is 0 Å². The summed E-state index contributed by atoms with van der Waals surface area (Å²) in [7, 11) is 3.96. The summed E-state index contributed by atoms with van der Waals surface area (Å²) in [5.41, 5.74) is 4.61. The lowest BCUT2D eigenvalue weighted by molar-refractivity contribution is 0.0953. The van der Waals surface area contributed by atoms with Gasteiger partial charge in [0.25, 0.3) is 5.91 Å². The number of anilines is 1. The summed E-state index contributed by atoms with van der Waals surface area (Å²) in [4.78, 5) is 13.5. The molecule has 0 aliphatic carbocycles. The number of ether oxygens (including phenoxy) is 1. The highest BCUT2D eigenvalue weighted by atomic mass is 16.5. The molecule has 0 saturated heterocycles. The van der Waals surface area contributed by atoms with Gasteiger partial charge in [-0.2, -0.15) is 0 Å². The number of nitrogen functional groups attached to an aromatic ring is 1. The molecule has 5 nitrogen and oxygen atoms in total. The van der Waals surface area contributed by atoms with Crippen LogP contribution in [0.3, 0.4) is 0 Å². The third kappa shape index (κ3) is 3.97. The fraction of sp³-hybridized carbons (Fsp3) is 0.188. The molecule has 0 fully saturated rings. The van der Waals surface area contributed by atoms with Crippen LogP contribution in [0.2, 0.25) is 0 Å². The molecular weight excluding hydrogens is 266 g/mol. The Morgan fingerprint density at radius 1 is 1.19 bits per heavy atom. The van der Waals surface area contributed by atoms with Crippen LogP contribution in [-0.4, -0.2) is 20.0 Å². The van der Waals surface area contributed by atoms with Crippen LogP contribution in [0.1, 0.15) is 15.9 Å². The number of nitrogens with two attached hydrogens (primary N) is 1. The van der Waals surface area contributed by atoms with Gasteiger partial charge in [-0.1, -0.05) is 18.2 Å². The first-order valence-corrected chi connectivity index (χ1v) is 6.60. The minimum Gasteiger partial charge on any atom is -0.489 e. The van der Waals surface area contributed by atoms with Crippen molar-refractivity contribution in [2.24, 2.45) is 5.84 Å². The van der Waals surface area contributed by atoms with E-state index in [1.54, 1.807) is 18.2 Å². The molecule has 21 heavy (non-hydrogen) atoms. The normalized spacial score (nSPS) is 10.0. The molecule has 0 heterocycles. The van der Waals surface area contributed by atoms with Crippen LogP contribution >= 0.6 is 0 Å².